The molecule has 0 aliphatic rings. The number of hydrogen-bond acceptors (Lipinski definition) is 4. The predicted molar refractivity (Wildman–Crippen MR) is 82.8 cm³/mol. The van der Waals surface area contributed by atoms with Crippen LogP contribution in [0.25, 0.3) is 0 Å². The molecule has 1 aromatic carbocycles. The maximum Gasteiger partial charge on any atom is 0.119 e. The van der Waals surface area contributed by atoms with Crippen molar-refractivity contribution in [3.63, 3.8) is 0 Å². The molecule has 2 atom stereocenters. The van der Waals surface area contributed by atoms with Gasteiger partial charge in [0, 0.05) is 19.1 Å². The smallest absolute Gasteiger partial charge is 0.119 e. The summed E-state index contributed by atoms with van der Waals surface area (Å²) in [4.78, 5) is 2.16. The second kappa shape index (κ2) is 8.25. The first-order valence-electron chi connectivity index (χ1n) is 7.24. The molecule has 0 heterocycles. The maximum absolute atomic E-state index is 10.0. The maximum atomic E-state index is 10.0. The highest BCUT2D eigenvalue weighted by Crippen LogP contribution is 2.13. The minimum atomic E-state index is -0.490. The third-order valence-electron chi connectivity index (χ3n) is 3.76. The summed E-state index contributed by atoms with van der Waals surface area (Å²) in [6, 6.07) is 8.09. The highest BCUT2D eigenvalue weighted by Gasteiger charge is 2.16. The van der Waals surface area contributed by atoms with E-state index in [0.717, 1.165) is 11.3 Å². The lowest BCUT2D eigenvalue weighted by Crippen LogP contribution is -2.40. The van der Waals surface area contributed by atoms with Crippen LogP contribution in [-0.4, -0.2) is 42.4 Å². The highest BCUT2D eigenvalue weighted by atomic mass is 16.5. The van der Waals surface area contributed by atoms with Crippen LogP contribution < -0.4 is 10.5 Å². The summed E-state index contributed by atoms with van der Waals surface area (Å²) in [5.41, 5.74) is 6.62. The van der Waals surface area contributed by atoms with E-state index in [9.17, 15) is 5.11 Å². The van der Waals surface area contributed by atoms with Gasteiger partial charge in [0.15, 0.2) is 0 Å². The molecular weight excluding hydrogens is 252 g/mol. The standard InChI is InChI=1S/C16H28N2O2/c1-12(2)13(3)18(4)10-15(19)11-20-16-7-5-14(9-17)6-8-16/h5-8,12-13,15,19H,9-11,17H2,1-4H3. The van der Waals surface area contributed by atoms with Crippen LogP contribution in [0.2, 0.25) is 0 Å². The second-order valence-corrected chi connectivity index (χ2v) is 5.74. The van der Waals surface area contributed by atoms with E-state index in [1.807, 2.05) is 31.3 Å². The zero-order valence-corrected chi connectivity index (χ0v) is 13.0. The highest BCUT2D eigenvalue weighted by molar-refractivity contribution is 5.27. The first kappa shape index (κ1) is 17.0. The lowest BCUT2D eigenvalue weighted by Gasteiger charge is -2.29. The third-order valence-corrected chi connectivity index (χ3v) is 3.76. The van der Waals surface area contributed by atoms with Gasteiger partial charge in [0.1, 0.15) is 18.5 Å². The summed E-state index contributed by atoms with van der Waals surface area (Å²) in [5.74, 6) is 1.33. The Hall–Kier alpha value is -1.10. The average molecular weight is 280 g/mol. The summed E-state index contributed by atoms with van der Waals surface area (Å²) in [6.07, 6.45) is -0.490. The van der Waals surface area contributed by atoms with E-state index in [4.69, 9.17) is 10.5 Å². The molecule has 0 aromatic heterocycles. The number of ether oxygens (including phenoxy) is 1. The largest absolute Gasteiger partial charge is 0.491 e. The van der Waals surface area contributed by atoms with Gasteiger partial charge in [-0.25, -0.2) is 0 Å². The lowest BCUT2D eigenvalue weighted by molar-refractivity contribution is 0.0583. The topological polar surface area (TPSA) is 58.7 Å². The van der Waals surface area contributed by atoms with Crippen molar-refractivity contribution in [2.45, 2.75) is 39.5 Å². The SMILES string of the molecule is CC(C)C(C)N(C)CC(O)COc1ccc(CN)cc1. The van der Waals surface area contributed by atoms with E-state index < -0.39 is 6.10 Å². The van der Waals surface area contributed by atoms with Crippen LogP contribution in [0.15, 0.2) is 24.3 Å². The third kappa shape index (κ3) is 5.49. The molecule has 0 bridgehead atoms. The van der Waals surface area contributed by atoms with Gasteiger partial charge in [0.25, 0.3) is 0 Å². The molecule has 0 spiro atoms. The second-order valence-electron chi connectivity index (χ2n) is 5.74. The molecule has 4 heteroatoms. The zero-order chi connectivity index (χ0) is 15.1. The fourth-order valence-corrected chi connectivity index (χ4v) is 1.97. The Morgan fingerprint density at radius 1 is 1.20 bits per heavy atom. The van der Waals surface area contributed by atoms with Crippen molar-refractivity contribution in [1.29, 1.82) is 0 Å². The number of nitrogens with zero attached hydrogens (tertiary/aromatic N) is 1. The molecule has 2 unspecified atom stereocenters. The van der Waals surface area contributed by atoms with Gasteiger partial charge < -0.3 is 20.5 Å². The van der Waals surface area contributed by atoms with Crippen molar-refractivity contribution in [2.75, 3.05) is 20.2 Å². The van der Waals surface area contributed by atoms with Crippen molar-refractivity contribution >= 4 is 0 Å². The molecule has 3 N–H and O–H groups in total. The quantitative estimate of drug-likeness (QED) is 0.763. The Balaban J connectivity index is 2.36. The van der Waals surface area contributed by atoms with Gasteiger partial charge in [-0.15, -0.1) is 0 Å². The van der Waals surface area contributed by atoms with Gasteiger partial charge in [0.05, 0.1) is 0 Å². The van der Waals surface area contributed by atoms with Gasteiger partial charge in [-0.1, -0.05) is 26.0 Å². The molecule has 1 rings (SSSR count). The Bertz CT molecular complexity index is 379. The monoisotopic (exact) mass is 280 g/mol. The molecular formula is C16H28N2O2. The normalized spacial score (nSPS) is 14.6. The number of aliphatic hydroxyl groups is 1. The van der Waals surface area contributed by atoms with Crippen LogP contribution >= 0.6 is 0 Å². The Labute approximate surface area is 122 Å². The van der Waals surface area contributed by atoms with E-state index in [0.29, 0.717) is 31.7 Å². The Kier molecular flexibility index (Phi) is 6.99. The van der Waals surface area contributed by atoms with Gasteiger partial charge in [-0.2, -0.15) is 0 Å². The minimum Gasteiger partial charge on any atom is -0.491 e. The minimum absolute atomic E-state index is 0.303. The summed E-state index contributed by atoms with van der Waals surface area (Å²) in [5, 5.41) is 10.0. The molecule has 0 aliphatic carbocycles. The summed E-state index contributed by atoms with van der Waals surface area (Å²) in [6.45, 7) is 7.98. The van der Waals surface area contributed by atoms with Gasteiger partial charge in [-0.3, -0.25) is 0 Å². The number of benzene rings is 1. The molecule has 0 saturated heterocycles. The average Bonchev–Trinajstić information content (AvgIpc) is 2.44. The molecule has 0 amide bonds. The molecule has 20 heavy (non-hydrogen) atoms. The lowest BCUT2D eigenvalue weighted by atomic mass is 10.1. The van der Waals surface area contributed by atoms with E-state index in [2.05, 4.69) is 25.7 Å². The fraction of sp³-hybridized carbons (Fsp3) is 0.625. The summed E-state index contributed by atoms with van der Waals surface area (Å²) < 4.78 is 5.59. The van der Waals surface area contributed by atoms with E-state index >= 15 is 0 Å². The number of hydrogen-bond donors (Lipinski definition) is 2. The molecule has 4 nitrogen and oxygen atoms in total. The number of rotatable bonds is 8. The van der Waals surface area contributed by atoms with Crippen LogP contribution in [0.4, 0.5) is 0 Å². The van der Waals surface area contributed by atoms with Gasteiger partial charge in [0.2, 0.25) is 0 Å². The van der Waals surface area contributed by atoms with Crippen molar-refractivity contribution in [3.05, 3.63) is 29.8 Å². The van der Waals surface area contributed by atoms with Crippen LogP contribution in [-0.2, 0) is 6.54 Å². The predicted octanol–water partition coefficient (Wildman–Crippen LogP) is 1.86. The molecule has 1 aromatic rings. The number of likely N-dealkylation sites (N-methyl/N-ethyl adjacent to an activating group) is 1. The summed E-state index contributed by atoms with van der Waals surface area (Å²) >= 11 is 0. The fourth-order valence-electron chi connectivity index (χ4n) is 1.97. The van der Waals surface area contributed by atoms with Crippen molar-refractivity contribution in [1.82, 2.24) is 4.90 Å². The van der Waals surface area contributed by atoms with Crippen LogP contribution in [0.3, 0.4) is 0 Å². The van der Waals surface area contributed by atoms with Crippen molar-refractivity contribution in [3.8, 4) is 5.75 Å². The number of aliphatic hydroxyl groups excluding tert-OH is 1. The van der Waals surface area contributed by atoms with Gasteiger partial charge >= 0.3 is 0 Å². The first-order valence-corrected chi connectivity index (χ1v) is 7.24. The Morgan fingerprint density at radius 3 is 2.30 bits per heavy atom. The van der Waals surface area contributed by atoms with Gasteiger partial charge in [-0.05, 0) is 37.6 Å². The first-order chi connectivity index (χ1) is 9.43. The van der Waals surface area contributed by atoms with Crippen molar-refractivity contribution < 1.29 is 9.84 Å². The van der Waals surface area contributed by atoms with E-state index in [-0.39, 0.29) is 0 Å². The zero-order valence-electron chi connectivity index (χ0n) is 13.0. The van der Waals surface area contributed by atoms with Crippen LogP contribution in [0.1, 0.15) is 26.3 Å². The summed E-state index contributed by atoms with van der Waals surface area (Å²) in [7, 11) is 2.03. The van der Waals surface area contributed by atoms with E-state index in [1.54, 1.807) is 0 Å². The Morgan fingerprint density at radius 2 is 1.80 bits per heavy atom. The molecule has 0 fully saturated rings. The number of nitrogens with two attached hydrogens (primary N) is 1. The molecule has 0 aliphatic heterocycles. The van der Waals surface area contributed by atoms with Crippen LogP contribution in [0, 0.1) is 5.92 Å². The molecule has 0 saturated carbocycles. The van der Waals surface area contributed by atoms with Crippen LogP contribution in [0.5, 0.6) is 5.75 Å². The van der Waals surface area contributed by atoms with Crippen molar-refractivity contribution in [2.24, 2.45) is 11.7 Å². The molecule has 0 radical (unpaired) electrons. The van der Waals surface area contributed by atoms with E-state index in [1.165, 1.54) is 0 Å². The molecule has 114 valence electrons.